The number of imide groups is 1. The van der Waals surface area contributed by atoms with Crippen LogP contribution in [-0.4, -0.2) is 29.6 Å². The molecule has 1 heterocycles. The molecule has 0 aromatic heterocycles. The Hall–Kier alpha value is -1.70. The SMILES string of the molecule is CCOc1cc(OCC)c(C[C@H]2SC(=O)N(c3cccc(Cl)c3)C2=O)cc1Br. The third-order valence-corrected chi connectivity index (χ3v) is 6.00. The average Bonchev–Trinajstić information content (AvgIpc) is 2.92. The number of anilines is 1. The molecule has 2 aromatic carbocycles. The van der Waals surface area contributed by atoms with E-state index >= 15 is 0 Å². The van der Waals surface area contributed by atoms with E-state index in [9.17, 15) is 9.59 Å². The van der Waals surface area contributed by atoms with Crippen molar-refractivity contribution in [2.75, 3.05) is 18.1 Å². The molecule has 0 bridgehead atoms. The largest absolute Gasteiger partial charge is 0.493 e. The van der Waals surface area contributed by atoms with Crippen LogP contribution in [0.15, 0.2) is 40.9 Å². The van der Waals surface area contributed by atoms with E-state index in [-0.39, 0.29) is 11.1 Å². The Bertz CT molecular complexity index is 908. The molecular formula is C20H19BrClNO4S. The molecule has 0 unspecified atom stereocenters. The van der Waals surface area contributed by atoms with Gasteiger partial charge in [-0.1, -0.05) is 29.4 Å². The second-order valence-electron chi connectivity index (χ2n) is 5.99. The Morgan fingerprint density at radius 2 is 1.82 bits per heavy atom. The van der Waals surface area contributed by atoms with Crippen LogP contribution < -0.4 is 14.4 Å². The molecule has 0 radical (unpaired) electrons. The topological polar surface area (TPSA) is 55.8 Å². The van der Waals surface area contributed by atoms with E-state index in [1.54, 1.807) is 24.3 Å². The fraction of sp³-hybridized carbons (Fsp3) is 0.300. The Kier molecular flexibility index (Phi) is 6.91. The summed E-state index contributed by atoms with van der Waals surface area (Å²) < 4.78 is 12.1. The number of ether oxygens (including phenoxy) is 2. The van der Waals surface area contributed by atoms with E-state index in [4.69, 9.17) is 21.1 Å². The van der Waals surface area contributed by atoms with Gasteiger partial charge in [0, 0.05) is 11.1 Å². The number of hydrogen-bond acceptors (Lipinski definition) is 5. The second-order valence-corrected chi connectivity index (χ2v) is 8.43. The van der Waals surface area contributed by atoms with Crippen LogP contribution in [0, 0.1) is 0 Å². The van der Waals surface area contributed by atoms with Gasteiger partial charge in [-0.05, 0) is 66.0 Å². The fourth-order valence-corrected chi connectivity index (χ4v) is 4.63. The maximum Gasteiger partial charge on any atom is 0.293 e. The van der Waals surface area contributed by atoms with E-state index in [0.29, 0.717) is 41.8 Å². The predicted octanol–water partition coefficient (Wildman–Crippen LogP) is 5.71. The van der Waals surface area contributed by atoms with Gasteiger partial charge in [0.25, 0.3) is 5.24 Å². The second kappa shape index (κ2) is 9.20. The number of carbonyl (C=O) groups is 2. The monoisotopic (exact) mass is 483 g/mol. The van der Waals surface area contributed by atoms with Gasteiger partial charge in [-0.3, -0.25) is 9.59 Å². The third-order valence-electron chi connectivity index (χ3n) is 4.11. The molecule has 2 aromatic rings. The van der Waals surface area contributed by atoms with Crippen LogP contribution in [0.1, 0.15) is 19.4 Å². The van der Waals surface area contributed by atoms with Gasteiger partial charge < -0.3 is 9.47 Å². The molecule has 8 heteroatoms. The van der Waals surface area contributed by atoms with Crippen molar-refractivity contribution in [1.82, 2.24) is 0 Å². The van der Waals surface area contributed by atoms with E-state index in [0.717, 1.165) is 21.8 Å². The van der Waals surface area contributed by atoms with Gasteiger partial charge in [-0.2, -0.15) is 0 Å². The maximum atomic E-state index is 12.9. The van der Waals surface area contributed by atoms with Crippen LogP contribution in [0.3, 0.4) is 0 Å². The Balaban J connectivity index is 1.86. The number of rotatable bonds is 7. The maximum absolute atomic E-state index is 12.9. The molecule has 0 saturated carbocycles. The van der Waals surface area contributed by atoms with Gasteiger partial charge in [0.2, 0.25) is 5.91 Å². The molecule has 28 heavy (non-hydrogen) atoms. The van der Waals surface area contributed by atoms with Crippen molar-refractivity contribution in [3.63, 3.8) is 0 Å². The lowest BCUT2D eigenvalue weighted by atomic mass is 10.1. The number of nitrogens with zero attached hydrogens (tertiary/aromatic N) is 1. The lowest BCUT2D eigenvalue weighted by Crippen LogP contribution is -2.32. The summed E-state index contributed by atoms with van der Waals surface area (Å²) in [4.78, 5) is 26.6. The van der Waals surface area contributed by atoms with Gasteiger partial charge in [0.05, 0.1) is 28.6 Å². The Morgan fingerprint density at radius 3 is 2.50 bits per heavy atom. The van der Waals surface area contributed by atoms with Crippen molar-refractivity contribution in [2.45, 2.75) is 25.5 Å². The first kappa shape index (κ1) is 21.0. The molecule has 3 rings (SSSR count). The van der Waals surface area contributed by atoms with Crippen molar-refractivity contribution in [3.8, 4) is 11.5 Å². The molecule has 0 N–H and O–H groups in total. The lowest BCUT2D eigenvalue weighted by Gasteiger charge is -2.17. The van der Waals surface area contributed by atoms with Crippen molar-refractivity contribution in [3.05, 3.63) is 51.5 Å². The zero-order valence-electron chi connectivity index (χ0n) is 15.4. The quantitative estimate of drug-likeness (QED) is 0.504. The van der Waals surface area contributed by atoms with Crippen LogP contribution >= 0.6 is 39.3 Å². The number of benzene rings is 2. The standard InChI is InChI=1S/C20H19BrClNO4S/c1-3-26-16-11-17(27-4-2)15(21)8-12(16)9-18-19(24)23(20(25)28-18)14-7-5-6-13(22)10-14/h5-8,10-11,18H,3-4,9H2,1-2H3/t18-/m1/s1. The molecule has 148 valence electrons. The molecule has 0 spiro atoms. The highest BCUT2D eigenvalue weighted by atomic mass is 79.9. The summed E-state index contributed by atoms with van der Waals surface area (Å²) >= 11 is 10.5. The summed E-state index contributed by atoms with van der Waals surface area (Å²) in [5, 5.41) is -0.364. The summed E-state index contributed by atoms with van der Waals surface area (Å²) in [7, 11) is 0. The summed E-state index contributed by atoms with van der Waals surface area (Å²) in [5.74, 6) is 1.07. The minimum Gasteiger partial charge on any atom is -0.493 e. The van der Waals surface area contributed by atoms with Crippen molar-refractivity contribution >= 4 is 56.1 Å². The molecule has 1 atom stereocenters. The fourth-order valence-electron chi connectivity index (χ4n) is 2.93. The first-order valence-electron chi connectivity index (χ1n) is 8.82. The molecule has 1 fully saturated rings. The van der Waals surface area contributed by atoms with Gasteiger partial charge in [-0.15, -0.1) is 0 Å². The zero-order chi connectivity index (χ0) is 20.3. The normalized spacial score (nSPS) is 16.6. The molecule has 1 aliphatic heterocycles. The smallest absolute Gasteiger partial charge is 0.293 e. The van der Waals surface area contributed by atoms with Gasteiger partial charge in [0.1, 0.15) is 11.5 Å². The van der Waals surface area contributed by atoms with Crippen molar-refractivity contribution in [2.24, 2.45) is 0 Å². The van der Waals surface area contributed by atoms with Crippen molar-refractivity contribution < 1.29 is 19.1 Å². The summed E-state index contributed by atoms with van der Waals surface area (Å²) in [6, 6.07) is 10.4. The highest BCUT2D eigenvalue weighted by molar-refractivity contribution is 9.10. The van der Waals surface area contributed by atoms with Crippen LogP contribution in [0.2, 0.25) is 5.02 Å². The summed E-state index contributed by atoms with van der Waals surface area (Å²) in [6.07, 6.45) is 0.368. The molecule has 0 aliphatic carbocycles. The first-order valence-corrected chi connectivity index (χ1v) is 10.9. The number of carbonyl (C=O) groups excluding carboxylic acids is 2. The Morgan fingerprint density at radius 1 is 1.11 bits per heavy atom. The molecule has 5 nitrogen and oxygen atoms in total. The minimum atomic E-state index is -0.532. The van der Waals surface area contributed by atoms with Crippen LogP contribution in [0.25, 0.3) is 0 Å². The van der Waals surface area contributed by atoms with Crippen molar-refractivity contribution in [1.29, 1.82) is 0 Å². The van der Waals surface area contributed by atoms with E-state index in [1.165, 1.54) is 4.90 Å². The molecule has 2 amide bonds. The summed E-state index contributed by atoms with van der Waals surface area (Å²) in [5.41, 5.74) is 1.32. The highest BCUT2D eigenvalue weighted by Gasteiger charge is 2.41. The van der Waals surface area contributed by atoms with Gasteiger partial charge in [0.15, 0.2) is 0 Å². The van der Waals surface area contributed by atoms with Gasteiger partial charge in [-0.25, -0.2) is 4.90 Å². The number of thioether (sulfide) groups is 1. The first-order chi connectivity index (χ1) is 13.4. The average molecular weight is 485 g/mol. The lowest BCUT2D eigenvalue weighted by molar-refractivity contribution is -0.117. The van der Waals surface area contributed by atoms with E-state index in [1.807, 2.05) is 26.0 Å². The van der Waals surface area contributed by atoms with Gasteiger partial charge >= 0.3 is 0 Å². The number of amides is 2. The van der Waals surface area contributed by atoms with Crippen LogP contribution in [-0.2, 0) is 11.2 Å². The predicted molar refractivity (Wildman–Crippen MR) is 116 cm³/mol. The molecule has 1 saturated heterocycles. The van der Waals surface area contributed by atoms with E-state index < -0.39 is 5.25 Å². The van der Waals surface area contributed by atoms with Crippen LogP contribution in [0.5, 0.6) is 11.5 Å². The summed E-state index contributed by atoms with van der Waals surface area (Å²) in [6.45, 7) is 4.82. The number of hydrogen-bond donors (Lipinski definition) is 0. The Labute approximate surface area is 181 Å². The molecule has 1 aliphatic rings. The third kappa shape index (κ3) is 4.47. The van der Waals surface area contributed by atoms with E-state index in [2.05, 4.69) is 15.9 Å². The number of halogens is 2. The molecular weight excluding hydrogens is 466 g/mol. The highest BCUT2D eigenvalue weighted by Crippen LogP contribution is 2.38. The zero-order valence-corrected chi connectivity index (χ0v) is 18.6. The minimum absolute atomic E-state index is 0.260. The van der Waals surface area contributed by atoms with Crippen LogP contribution in [0.4, 0.5) is 10.5 Å².